The number of nitrogens with two attached hydrogens (primary N) is 1. The molecule has 2 aliphatic rings. The van der Waals surface area contributed by atoms with Gasteiger partial charge in [0.2, 0.25) is 0 Å². The van der Waals surface area contributed by atoms with Gasteiger partial charge in [0, 0.05) is 43.9 Å². The molecule has 0 bridgehead atoms. The Morgan fingerprint density at radius 2 is 1.92 bits per heavy atom. The topological polar surface area (TPSA) is 103 Å². The number of nitrogens with zero attached hydrogens (tertiary/aromatic N) is 2. The summed E-state index contributed by atoms with van der Waals surface area (Å²) in [5.41, 5.74) is 1.76. The molecule has 2 N–H and O–H groups in total. The summed E-state index contributed by atoms with van der Waals surface area (Å²) in [7, 11) is -3.70. The molecule has 8 heteroatoms. The second-order valence-corrected chi connectivity index (χ2v) is 8.33. The number of rotatable bonds is 2. The predicted molar refractivity (Wildman–Crippen MR) is 95.9 cm³/mol. The van der Waals surface area contributed by atoms with Crippen molar-refractivity contribution in [3.05, 3.63) is 48.3 Å². The number of piperidine rings is 1. The van der Waals surface area contributed by atoms with Crippen molar-refractivity contribution in [1.82, 2.24) is 9.29 Å². The van der Waals surface area contributed by atoms with E-state index in [-0.39, 0.29) is 25.3 Å². The van der Waals surface area contributed by atoms with Crippen molar-refractivity contribution in [2.24, 2.45) is 5.14 Å². The zero-order valence-corrected chi connectivity index (χ0v) is 14.9. The first-order chi connectivity index (χ1) is 12.4. The number of fused-ring (bicyclic) bond motifs is 1. The Hall–Kier alpha value is -2.29. The Morgan fingerprint density at radius 3 is 2.58 bits per heavy atom. The zero-order chi connectivity index (χ0) is 18.4. The van der Waals surface area contributed by atoms with E-state index in [0.29, 0.717) is 24.2 Å². The lowest BCUT2D eigenvalue weighted by molar-refractivity contribution is 0.00594. The van der Waals surface area contributed by atoms with E-state index in [0.717, 1.165) is 11.1 Å². The van der Waals surface area contributed by atoms with Crippen LogP contribution in [-0.4, -0.2) is 42.2 Å². The van der Waals surface area contributed by atoms with Crippen LogP contribution in [0.4, 0.5) is 0 Å². The summed E-state index contributed by atoms with van der Waals surface area (Å²) in [6.45, 7) is 0.518. The molecule has 0 unspecified atom stereocenters. The molecule has 26 heavy (non-hydrogen) atoms. The molecule has 1 aromatic heterocycles. The fourth-order valence-electron chi connectivity index (χ4n) is 3.63. The van der Waals surface area contributed by atoms with Crippen molar-refractivity contribution in [2.75, 3.05) is 13.1 Å². The summed E-state index contributed by atoms with van der Waals surface area (Å²) >= 11 is 0. The van der Waals surface area contributed by atoms with E-state index >= 15 is 0 Å². The summed E-state index contributed by atoms with van der Waals surface area (Å²) in [5, 5.41) is 5.19. The van der Waals surface area contributed by atoms with Crippen LogP contribution in [0.2, 0.25) is 0 Å². The minimum absolute atomic E-state index is 0.0149. The Kier molecular flexibility index (Phi) is 4.06. The molecule has 0 radical (unpaired) electrons. The molecule has 0 aliphatic carbocycles. The number of hydrogen-bond donors (Lipinski definition) is 1. The summed E-state index contributed by atoms with van der Waals surface area (Å²) in [4.78, 5) is 16.9. The van der Waals surface area contributed by atoms with Gasteiger partial charge < -0.3 is 4.74 Å². The molecule has 1 spiro atoms. The van der Waals surface area contributed by atoms with Gasteiger partial charge in [-0.05, 0) is 23.8 Å². The van der Waals surface area contributed by atoms with Gasteiger partial charge in [-0.3, -0.25) is 9.78 Å². The first-order valence-corrected chi connectivity index (χ1v) is 9.91. The molecule has 3 heterocycles. The van der Waals surface area contributed by atoms with Crippen LogP contribution in [0.25, 0.3) is 11.1 Å². The molecule has 0 atom stereocenters. The Labute approximate surface area is 152 Å². The lowest BCUT2D eigenvalue weighted by Crippen LogP contribution is -2.53. The monoisotopic (exact) mass is 373 g/mol. The first kappa shape index (κ1) is 17.1. The third-order valence-corrected chi connectivity index (χ3v) is 6.16. The standard InChI is InChI=1S/C18H19N3O4S/c19-26(23,24)21-8-5-18(6-9-21)11-16(22)15-10-13(3-4-17(15)25-18)14-2-1-7-20-12-14/h1-4,7,10,12H,5-6,8-9,11H2,(H2,19,23,24). The SMILES string of the molecule is NS(=O)(=O)N1CCC2(CC1)CC(=O)c1cc(-c3cccnc3)ccc1O2. The molecular weight excluding hydrogens is 354 g/mol. The van der Waals surface area contributed by atoms with Crippen molar-refractivity contribution in [3.8, 4) is 16.9 Å². The molecule has 136 valence electrons. The third-order valence-electron chi connectivity index (χ3n) is 5.08. The van der Waals surface area contributed by atoms with Crippen LogP contribution in [0.1, 0.15) is 29.6 Å². The molecule has 0 saturated carbocycles. The van der Waals surface area contributed by atoms with Crippen molar-refractivity contribution in [1.29, 1.82) is 0 Å². The average Bonchev–Trinajstić information content (AvgIpc) is 2.62. The summed E-state index contributed by atoms with van der Waals surface area (Å²) in [5.74, 6) is 0.569. The molecule has 1 aromatic carbocycles. The maximum absolute atomic E-state index is 12.8. The van der Waals surface area contributed by atoms with E-state index in [1.165, 1.54) is 4.31 Å². The van der Waals surface area contributed by atoms with Crippen LogP contribution >= 0.6 is 0 Å². The number of benzene rings is 1. The highest BCUT2D eigenvalue weighted by Crippen LogP contribution is 2.40. The Bertz CT molecular complexity index is 952. The van der Waals surface area contributed by atoms with Gasteiger partial charge in [-0.15, -0.1) is 0 Å². The van der Waals surface area contributed by atoms with E-state index in [1.807, 2.05) is 30.3 Å². The number of ketones is 1. The number of ether oxygens (including phenoxy) is 1. The van der Waals surface area contributed by atoms with Crippen LogP contribution in [0.5, 0.6) is 5.75 Å². The van der Waals surface area contributed by atoms with E-state index in [4.69, 9.17) is 9.88 Å². The van der Waals surface area contributed by atoms with Crippen LogP contribution in [-0.2, 0) is 10.2 Å². The van der Waals surface area contributed by atoms with Crippen molar-refractivity contribution >= 4 is 16.0 Å². The molecule has 2 aromatic rings. The number of Topliss-reactive ketones (excluding diaryl/α,β-unsaturated/α-hetero) is 1. The van der Waals surface area contributed by atoms with Gasteiger partial charge in [-0.25, -0.2) is 5.14 Å². The maximum Gasteiger partial charge on any atom is 0.276 e. The fourth-order valence-corrected chi connectivity index (χ4v) is 4.33. The number of pyridine rings is 1. The normalized spacial score (nSPS) is 19.8. The van der Waals surface area contributed by atoms with Crippen LogP contribution < -0.4 is 9.88 Å². The Balaban J connectivity index is 1.59. The van der Waals surface area contributed by atoms with Crippen LogP contribution in [0.15, 0.2) is 42.7 Å². The van der Waals surface area contributed by atoms with E-state index in [9.17, 15) is 13.2 Å². The van der Waals surface area contributed by atoms with Crippen molar-refractivity contribution in [3.63, 3.8) is 0 Å². The average molecular weight is 373 g/mol. The predicted octanol–water partition coefficient (Wildman–Crippen LogP) is 1.75. The van der Waals surface area contributed by atoms with Gasteiger partial charge in [0.25, 0.3) is 10.2 Å². The summed E-state index contributed by atoms with van der Waals surface area (Å²) in [6.07, 6.45) is 4.58. The summed E-state index contributed by atoms with van der Waals surface area (Å²) in [6, 6.07) is 9.33. The van der Waals surface area contributed by atoms with Crippen LogP contribution in [0, 0.1) is 0 Å². The minimum atomic E-state index is -3.70. The first-order valence-electron chi connectivity index (χ1n) is 8.41. The fraction of sp³-hybridized carbons (Fsp3) is 0.333. The largest absolute Gasteiger partial charge is 0.486 e. The van der Waals surface area contributed by atoms with Gasteiger partial charge in [-0.2, -0.15) is 12.7 Å². The van der Waals surface area contributed by atoms with Gasteiger partial charge in [0.05, 0.1) is 12.0 Å². The van der Waals surface area contributed by atoms with Gasteiger partial charge in [0.15, 0.2) is 5.78 Å². The number of carbonyl (C=O) groups excluding carboxylic acids is 1. The van der Waals surface area contributed by atoms with Crippen molar-refractivity contribution in [2.45, 2.75) is 24.9 Å². The lowest BCUT2D eigenvalue weighted by atomic mass is 9.82. The van der Waals surface area contributed by atoms with Gasteiger partial charge in [0.1, 0.15) is 11.4 Å². The van der Waals surface area contributed by atoms with Gasteiger partial charge >= 0.3 is 0 Å². The van der Waals surface area contributed by atoms with E-state index in [2.05, 4.69) is 4.98 Å². The second-order valence-electron chi connectivity index (χ2n) is 6.78. The minimum Gasteiger partial charge on any atom is -0.486 e. The highest BCUT2D eigenvalue weighted by Gasteiger charge is 2.44. The molecule has 4 rings (SSSR count). The number of carbonyl (C=O) groups is 1. The highest BCUT2D eigenvalue weighted by atomic mass is 32.2. The van der Waals surface area contributed by atoms with Crippen molar-refractivity contribution < 1.29 is 17.9 Å². The maximum atomic E-state index is 12.8. The molecule has 0 amide bonds. The number of aromatic nitrogens is 1. The van der Waals surface area contributed by atoms with Crippen LogP contribution in [0.3, 0.4) is 0 Å². The van der Waals surface area contributed by atoms with E-state index < -0.39 is 15.8 Å². The smallest absolute Gasteiger partial charge is 0.276 e. The quantitative estimate of drug-likeness (QED) is 0.864. The zero-order valence-electron chi connectivity index (χ0n) is 14.1. The molecule has 7 nitrogen and oxygen atoms in total. The molecule has 1 saturated heterocycles. The third kappa shape index (κ3) is 3.11. The lowest BCUT2D eigenvalue weighted by Gasteiger charge is -2.43. The highest BCUT2D eigenvalue weighted by molar-refractivity contribution is 7.86. The molecule has 1 fully saturated rings. The Morgan fingerprint density at radius 1 is 1.15 bits per heavy atom. The molecular formula is C18H19N3O4S. The molecule has 2 aliphatic heterocycles. The van der Waals surface area contributed by atoms with E-state index in [1.54, 1.807) is 12.4 Å². The second kappa shape index (κ2) is 6.15. The van der Waals surface area contributed by atoms with Gasteiger partial charge in [-0.1, -0.05) is 12.1 Å². The summed E-state index contributed by atoms with van der Waals surface area (Å²) < 4.78 is 30.4. The number of hydrogen-bond acceptors (Lipinski definition) is 5.